The van der Waals surface area contributed by atoms with Crippen molar-refractivity contribution in [3.63, 3.8) is 0 Å². The molecule has 0 amide bonds. The van der Waals surface area contributed by atoms with Crippen LogP contribution in [0.3, 0.4) is 0 Å². The molecule has 9 rings (SSSR count). The largest absolute Gasteiger partial charge is 0.391 e. The molecule has 230 valence electrons. The molecule has 6 heteroatoms. The Hall–Kier alpha value is -3.76. The number of benzene rings is 4. The van der Waals surface area contributed by atoms with Gasteiger partial charge in [-0.2, -0.15) is 12.1 Å². The predicted octanol–water partition coefficient (Wildman–Crippen LogP) is 9.14. The van der Waals surface area contributed by atoms with Gasteiger partial charge in [0.1, 0.15) is 5.82 Å². The zero-order chi connectivity index (χ0) is 30.6. The minimum atomic E-state index is 0. The van der Waals surface area contributed by atoms with E-state index in [0.29, 0.717) is 0 Å². The van der Waals surface area contributed by atoms with Crippen LogP contribution in [0.5, 0.6) is 0 Å². The number of hydrogen-bond acceptors (Lipinski definition) is 2. The van der Waals surface area contributed by atoms with Crippen LogP contribution in [0, 0.1) is 32.6 Å². The normalized spacial score (nSPS) is 20.2. The Balaban J connectivity index is 0.00000325. The van der Waals surface area contributed by atoms with Crippen molar-refractivity contribution in [1.82, 2.24) is 18.5 Å². The number of para-hydroxylation sites is 1. The van der Waals surface area contributed by atoms with Crippen molar-refractivity contribution in [2.75, 3.05) is 25.7 Å². The molecule has 0 N–H and O–H groups in total. The smallest absolute Gasteiger partial charge is 0.179 e. The van der Waals surface area contributed by atoms with Crippen molar-refractivity contribution < 1.29 is 21.1 Å². The summed E-state index contributed by atoms with van der Waals surface area (Å²) in [4.78, 5) is 7.05. The third kappa shape index (κ3) is 4.35. The van der Waals surface area contributed by atoms with E-state index in [9.17, 15) is 0 Å². The van der Waals surface area contributed by atoms with Gasteiger partial charge in [-0.15, -0.1) is 29.7 Å². The summed E-state index contributed by atoms with van der Waals surface area (Å²) in [6.45, 7) is 14.6. The fourth-order valence-electron chi connectivity index (χ4n) is 7.26. The maximum absolute atomic E-state index is 4.85. The van der Waals surface area contributed by atoms with E-state index in [1.807, 2.05) is 6.20 Å². The summed E-state index contributed by atoms with van der Waals surface area (Å²) >= 11 is 0. The average molecular weight is 772 g/mol. The van der Waals surface area contributed by atoms with Gasteiger partial charge in [-0.25, -0.2) is 4.98 Å². The van der Waals surface area contributed by atoms with Crippen molar-refractivity contribution in [1.29, 1.82) is 0 Å². The molecule has 0 saturated carbocycles. The first-order chi connectivity index (χ1) is 21.0. The van der Waals surface area contributed by atoms with Crippen molar-refractivity contribution >= 4 is 50.2 Å². The second-order valence-electron chi connectivity index (χ2n) is 13.9. The third-order valence-corrected chi connectivity index (χ3v) is 9.87. The summed E-state index contributed by atoms with van der Waals surface area (Å²) in [5, 5.41) is 2.37. The Bertz CT molecular complexity index is 2130. The van der Waals surface area contributed by atoms with Crippen molar-refractivity contribution in [3.05, 3.63) is 121 Å². The fraction of sp³-hybridized carbons (Fsp3) is 0.231. The first kappa shape index (κ1) is 29.9. The molecular formula is C39H38N5Pt-. The Kier molecular flexibility index (Phi) is 6.73. The van der Waals surface area contributed by atoms with Crippen LogP contribution < -0.4 is 13.9 Å². The zero-order valence-corrected chi connectivity index (χ0v) is 29.2. The maximum Gasteiger partial charge on any atom is 0.179 e. The Morgan fingerprint density at radius 1 is 0.844 bits per heavy atom. The molecule has 0 unspecified atom stereocenters. The van der Waals surface area contributed by atoms with Crippen LogP contribution in [0.15, 0.2) is 85.1 Å². The van der Waals surface area contributed by atoms with Crippen LogP contribution in [0.2, 0.25) is 0 Å². The minimum absolute atomic E-state index is 0. The summed E-state index contributed by atoms with van der Waals surface area (Å²) in [5.74, 6) is 0.914. The van der Waals surface area contributed by atoms with E-state index in [0.717, 1.165) is 43.9 Å². The molecule has 2 atom stereocenters. The number of quaternary nitrogens is 2. The molecule has 4 aromatic carbocycles. The first-order valence-electron chi connectivity index (χ1n) is 15.4. The molecule has 2 bridgehead atoms. The molecule has 3 aliphatic heterocycles. The van der Waals surface area contributed by atoms with Gasteiger partial charge in [-0.05, 0) is 59.5 Å². The number of aryl methyl sites for hydroxylation is 2. The summed E-state index contributed by atoms with van der Waals surface area (Å²) in [6.07, 6.45) is 1.93. The van der Waals surface area contributed by atoms with Crippen LogP contribution >= 0.6 is 0 Å². The number of nitrogens with zero attached hydrogens (tertiary/aromatic N) is 5. The van der Waals surface area contributed by atoms with Crippen molar-refractivity contribution in [2.24, 2.45) is 0 Å². The number of hydrogen-bond donors (Lipinski definition) is 0. The number of aromatic nitrogens is 2. The SMILES string of the molecule is Cc1cc2c(cc1C)[N@@+]1(C)[CH-][N@+]2(c2[c-]c(N(C)c3[c-]c4c(cc3)c3ccccc3n4-c3cc(C(C)(C)C)ccn3)ccc2)C1.[Pt]. The van der Waals surface area contributed by atoms with Crippen LogP contribution in [-0.4, -0.2) is 30.3 Å². The van der Waals surface area contributed by atoms with E-state index in [2.05, 4.69) is 156 Å². The Morgan fingerprint density at radius 2 is 1.56 bits per heavy atom. The molecule has 0 spiro atoms. The van der Waals surface area contributed by atoms with Crippen LogP contribution in [0.4, 0.5) is 28.4 Å². The second kappa shape index (κ2) is 10.1. The molecule has 1 fully saturated rings. The maximum atomic E-state index is 4.85. The molecule has 0 radical (unpaired) electrons. The molecule has 6 aromatic rings. The third-order valence-electron chi connectivity index (χ3n) is 9.87. The van der Waals surface area contributed by atoms with Crippen LogP contribution in [0.25, 0.3) is 27.6 Å². The second-order valence-corrected chi connectivity index (χ2v) is 13.9. The fourth-order valence-corrected chi connectivity index (χ4v) is 7.26. The monoisotopic (exact) mass is 771 g/mol. The van der Waals surface area contributed by atoms with Gasteiger partial charge in [0.25, 0.3) is 0 Å². The summed E-state index contributed by atoms with van der Waals surface area (Å²) in [7, 11) is 4.42. The van der Waals surface area contributed by atoms with Crippen molar-refractivity contribution in [3.8, 4) is 5.82 Å². The number of pyridine rings is 1. The van der Waals surface area contributed by atoms with Gasteiger partial charge in [0.2, 0.25) is 0 Å². The van der Waals surface area contributed by atoms with Gasteiger partial charge in [0, 0.05) is 57.6 Å². The zero-order valence-electron chi connectivity index (χ0n) is 26.9. The van der Waals surface area contributed by atoms with Gasteiger partial charge in [0.15, 0.2) is 18.0 Å². The molecule has 0 aliphatic carbocycles. The first-order valence-corrected chi connectivity index (χ1v) is 15.4. The van der Waals surface area contributed by atoms with Crippen molar-refractivity contribution in [2.45, 2.75) is 40.0 Å². The quantitative estimate of drug-likeness (QED) is 0.132. The van der Waals surface area contributed by atoms with Gasteiger partial charge in [-0.3, -0.25) is 0 Å². The number of anilines is 2. The minimum Gasteiger partial charge on any atom is -0.391 e. The standard InChI is InChI=1S/C39H38N5.Pt/c1-26-19-36-37(20-27(26)2)44(24-43(36,7)25-44)31-12-10-11-29(22-31)41(6)30-15-16-33-32-13-8-9-14-34(32)42(35(33)23-30)38-21-28(17-18-40-38)39(3,4)5;/h8-21,24H,25H2,1-7H3;/q-1;/t43-,44+;/m0./s1. The molecule has 5 heterocycles. The Morgan fingerprint density at radius 3 is 2.31 bits per heavy atom. The van der Waals surface area contributed by atoms with Crippen LogP contribution in [-0.2, 0) is 26.5 Å². The summed E-state index contributed by atoms with van der Waals surface area (Å²) in [6, 6.07) is 36.2. The van der Waals surface area contributed by atoms with E-state index in [1.165, 1.54) is 44.5 Å². The molecule has 5 nitrogen and oxygen atoms in total. The molecule has 2 aromatic heterocycles. The van der Waals surface area contributed by atoms with E-state index in [1.54, 1.807) is 0 Å². The average Bonchev–Trinajstić information content (AvgIpc) is 3.54. The number of fused-ring (bicyclic) bond motifs is 3. The van der Waals surface area contributed by atoms with E-state index in [-0.39, 0.29) is 26.5 Å². The molecule has 1 saturated heterocycles. The Labute approximate surface area is 280 Å². The van der Waals surface area contributed by atoms with Gasteiger partial charge in [-0.1, -0.05) is 61.9 Å². The molecule has 45 heavy (non-hydrogen) atoms. The summed E-state index contributed by atoms with van der Waals surface area (Å²) < 4.78 is 3.86. The van der Waals surface area contributed by atoms with Gasteiger partial charge in [0.05, 0.1) is 13.7 Å². The van der Waals surface area contributed by atoms with E-state index < -0.39 is 0 Å². The van der Waals surface area contributed by atoms with Gasteiger partial charge >= 0.3 is 0 Å². The predicted molar refractivity (Wildman–Crippen MR) is 184 cm³/mol. The topological polar surface area (TPSA) is 21.1 Å². The van der Waals surface area contributed by atoms with Gasteiger partial charge < -0.3 is 18.4 Å². The number of rotatable bonds is 4. The van der Waals surface area contributed by atoms with E-state index in [4.69, 9.17) is 4.98 Å². The van der Waals surface area contributed by atoms with E-state index >= 15 is 0 Å². The molecule has 3 aliphatic rings. The van der Waals surface area contributed by atoms with Crippen LogP contribution in [0.1, 0.15) is 37.5 Å². The molecular weight excluding hydrogens is 734 g/mol. The summed E-state index contributed by atoms with van der Waals surface area (Å²) in [5.41, 5.74) is 12.1.